The first kappa shape index (κ1) is 12.8. The van der Waals surface area contributed by atoms with Crippen molar-refractivity contribution in [1.82, 2.24) is 10.2 Å². The highest BCUT2D eigenvalue weighted by Gasteiger charge is 2.35. The molecule has 0 saturated carbocycles. The number of carbonyl (C=O) groups excluding carboxylic acids is 1. The Bertz CT molecular complexity index is 268. The lowest BCUT2D eigenvalue weighted by atomic mass is 9.96. The smallest absolute Gasteiger partial charge is 0.251 e. The van der Waals surface area contributed by atoms with Gasteiger partial charge in [0, 0.05) is 19.7 Å². The summed E-state index contributed by atoms with van der Waals surface area (Å²) in [5.41, 5.74) is 0. The number of nitrogens with one attached hydrogen (secondary N) is 1. The third-order valence-corrected chi connectivity index (χ3v) is 3.95. The fourth-order valence-corrected chi connectivity index (χ4v) is 2.91. The second-order valence-electron chi connectivity index (χ2n) is 5.41. The van der Waals surface area contributed by atoms with Crippen LogP contribution in [0.4, 0.5) is 0 Å². The molecule has 0 aliphatic carbocycles. The zero-order valence-corrected chi connectivity index (χ0v) is 10.9. The van der Waals surface area contributed by atoms with Crippen molar-refractivity contribution in [3.63, 3.8) is 0 Å². The standard InChI is InChI=1S/C13H24N2O2/c1-10-5-7-17-12(10)13(16)15-6-3-4-11(9-15)8-14-2/h10-12,14H,3-9H2,1-2H3. The third kappa shape index (κ3) is 2.99. The van der Waals surface area contributed by atoms with Crippen LogP contribution in [0.2, 0.25) is 0 Å². The number of piperidine rings is 1. The van der Waals surface area contributed by atoms with Crippen molar-refractivity contribution >= 4 is 5.91 Å². The molecule has 2 aliphatic rings. The molecule has 4 nitrogen and oxygen atoms in total. The molecule has 0 bridgehead atoms. The fraction of sp³-hybridized carbons (Fsp3) is 0.923. The van der Waals surface area contributed by atoms with E-state index in [-0.39, 0.29) is 12.0 Å². The number of amides is 1. The maximum absolute atomic E-state index is 12.3. The average Bonchev–Trinajstić information content (AvgIpc) is 2.75. The lowest BCUT2D eigenvalue weighted by Crippen LogP contribution is -2.47. The van der Waals surface area contributed by atoms with Gasteiger partial charge in [0.15, 0.2) is 0 Å². The summed E-state index contributed by atoms with van der Waals surface area (Å²) in [6.45, 7) is 5.67. The topological polar surface area (TPSA) is 41.6 Å². The van der Waals surface area contributed by atoms with Crippen LogP contribution in [-0.4, -0.2) is 50.2 Å². The van der Waals surface area contributed by atoms with E-state index >= 15 is 0 Å². The van der Waals surface area contributed by atoms with Gasteiger partial charge < -0.3 is 15.0 Å². The monoisotopic (exact) mass is 240 g/mol. The van der Waals surface area contributed by atoms with Crippen LogP contribution in [0.25, 0.3) is 0 Å². The van der Waals surface area contributed by atoms with Gasteiger partial charge >= 0.3 is 0 Å². The highest BCUT2D eigenvalue weighted by atomic mass is 16.5. The van der Waals surface area contributed by atoms with Crippen molar-refractivity contribution in [3.05, 3.63) is 0 Å². The van der Waals surface area contributed by atoms with Gasteiger partial charge in [0.2, 0.25) is 0 Å². The lowest BCUT2D eigenvalue weighted by Gasteiger charge is -2.34. The molecule has 2 aliphatic heterocycles. The minimum atomic E-state index is -0.177. The molecule has 0 aromatic heterocycles. The second kappa shape index (κ2) is 5.83. The van der Waals surface area contributed by atoms with Crippen LogP contribution in [0.1, 0.15) is 26.2 Å². The van der Waals surface area contributed by atoms with Crippen LogP contribution in [0.5, 0.6) is 0 Å². The Morgan fingerprint density at radius 3 is 2.94 bits per heavy atom. The van der Waals surface area contributed by atoms with Gasteiger partial charge in [0.05, 0.1) is 0 Å². The first-order chi connectivity index (χ1) is 8.22. The van der Waals surface area contributed by atoms with E-state index in [1.165, 1.54) is 6.42 Å². The van der Waals surface area contributed by atoms with Crippen LogP contribution in [0.15, 0.2) is 0 Å². The Kier molecular flexibility index (Phi) is 4.40. The van der Waals surface area contributed by atoms with Crippen LogP contribution in [0.3, 0.4) is 0 Å². The highest BCUT2D eigenvalue weighted by molar-refractivity contribution is 5.81. The van der Waals surface area contributed by atoms with E-state index in [0.29, 0.717) is 11.8 Å². The van der Waals surface area contributed by atoms with Gasteiger partial charge in [-0.15, -0.1) is 0 Å². The summed E-state index contributed by atoms with van der Waals surface area (Å²) < 4.78 is 5.57. The molecule has 17 heavy (non-hydrogen) atoms. The second-order valence-corrected chi connectivity index (χ2v) is 5.41. The van der Waals surface area contributed by atoms with Crippen LogP contribution in [0, 0.1) is 11.8 Å². The van der Waals surface area contributed by atoms with E-state index in [1.807, 2.05) is 11.9 Å². The molecular weight excluding hydrogens is 216 g/mol. The molecular formula is C13H24N2O2. The summed E-state index contributed by atoms with van der Waals surface area (Å²) in [5, 5.41) is 3.21. The Morgan fingerprint density at radius 1 is 1.47 bits per heavy atom. The average molecular weight is 240 g/mol. The van der Waals surface area contributed by atoms with Gasteiger partial charge in [-0.05, 0) is 44.7 Å². The van der Waals surface area contributed by atoms with E-state index in [1.54, 1.807) is 0 Å². The summed E-state index contributed by atoms with van der Waals surface area (Å²) in [6, 6.07) is 0. The fourth-order valence-electron chi connectivity index (χ4n) is 2.91. The maximum atomic E-state index is 12.3. The van der Waals surface area contributed by atoms with Crippen molar-refractivity contribution in [2.75, 3.05) is 33.3 Å². The number of hydrogen-bond donors (Lipinski definition) is 1. The molecule has 98 valence electrons. The molecule has 2 saturated heterocycles. The number of ether oxygens (including phenoxy) is 1. The van der Waals surface area contributed by atoms with Gasteiger partial charge in [-0.25, -0.2) is 0 Å². The number of nitrogens with zero attached hydrogens (tertiary/aromatic N) is 1. The first-order valence-electron chi connectivity index (χ1n) is 6.77. The zero-order valence-electron chi connectivity index (χ0n) is 10.9. The van der Waals surface area contributed by atoms with Crippen LogP contribution < -0.4 is 5.32 Å². The van der Waals surface area contributed by atoms with Crippen LogP contribution >= 0.6 is 0 Å². The highest BCUT2D eigenvalue weighted by Crippen LogP contribution is 2.24. The maximum Gasteiger partial charge on any atom is 0.251 e. The van der Waals surface area contributed by atoms with Crippen molar-refractivity contribution in [2.45, 2.75) is 32.3 Å². The summed E-state index contributed by atoms with van der Waals surface area (Å²) in [5.74, 6) is 1.21. The molecule has 0 aromatic carbocycles. The van der Waals surface area contributed by atoms with E-state index in [2.05, 4.69) is 12.2 Å². The van der Waals surface area contributed by atoms with E-state index in [0.717, 1.165) is 39.1 Å². The van der Waals surface area contributed by atoms with Crippen LogP contribution in [-0.2, 0) is 9.53 Å². The molecule has 2 rings (SSSR count). The summed E-state index contributed by atoms with van der Waals surface area (Å²) in [7, 11) is 1.98. The molecule has 2 heterocycles. The van der Waals surface area contributed by atoms with Gasteiger partial charge in [-0.1, -0.05) is 6.92 Å². The Balaban J connectivity index is 1.90. The molecule has 1 amide bonds. The van der Waals surface area contributed by atoms with Crippen molar-refractivity contribution in [1.29, 1.82) is 0 Å². The third-order valence-electron chi connectivity index (χ3n) is 3.95. The van der Waals surface area contributed by atoms with Crippen molar-refractivity contribution in [3.8, 4) is 0 Å². The molecule has 2 fully saturated rings. The van der Waals surface area contributed by atoms with Crippen molar-refractivity contribution in [2.24, 2.45) is 11.8 Å². The number of hydrogen-bond acceptors (Lipinski definition) is 3. The van der Waals surface area contributed by atoms with Gasteiger partial charge in [-0.2, -0.15) is 0 Å². The Morgan fingerprint density at radius 2 is 2.29 bits per heavy atom. The first-order valence-corrected chi connectivity index (χ1v) is 6.77. The SMILES string of the molecule is CNCC1CCCN(C(=O)C2OCCC2C)C1. The predicted octanol–water partition coefficient (Wildman–Crippen LogP) is 0.869. The van der Waals surface area contributed by atoms with E-state index < -0.39 is 0 Å². The molecule has 0 spiro atoms. The molecule has 3 unspecified atom stereocenters. The summed E-state index contributed by atoms with van der Waals surface area (Å²) >= 11 is 0. The molecule has 3 atom stereocenters. The Hall–Kier alpha value is -0.610. The van der Waals surface area contributed by atoms with E-state index in [4.69, 9.17) is 4.74 Å². The summed E-state index contributed by atoms with van der Waals surface area (Å²) in [4.78, 5) is 14.4. The Labute approximate surface area is 104 Å². The minimum Gasteiger partial charge on any atom is -0.368 e. The van der Waals surface area contributed by atoms with Gasteiger partial charge in [0.25, 0.3) is 5.91 Å². The number of carbonyl (C=O) groups is 1. The molecule has 4 heteroatoms. The predicted molar refractivity (Wildman–Crippen MR) is 66.8 cm³/mol. The van der Waals surface area contributed by atoms with E-state index in [9.17, 15) is 4.79 Å². The van der Waals surface area contributed by atoms with Gasteiger partial charge in [0.1, 0.15) is 6.10 Å². The minimum absolute atomic E-state index is 0.177. The molecule has 0 radical (unpaired) electrons. The normalized spacial score (nSPS) is 34.0. The van der Waals surface area contributed by atoms with Gasteiger partial charge in [-0.3, -0.25) is 4.79 Å². The summed E-state index contributed by atoms with van der Waals surface area (Å²) in [6.07, 6.45) is 3.19. The number of rotatable bonds is 3. The largest absolute Gasteiger partial charge is 0.368 e. The van der Waals surface area contributed by atoms with Crippen molar-refractivity contribution < 1.29 is 9.53 Å². The zero-order chi connectivity index (χ0) is 12.3. The molecule has 1 N–H and O–H groups in total. The quantitative estimate of drug-likeness (QED) is 0.796. The number of likely N-dealkylation sites (tertiary alicyclic amines) is 1. The lowest BCUT2D eigenvalue weighted by molar-refractivity contribution is -0.144. The molecule has 0 aromatic rings.